The van der Waals surface area contributed by atoms with E-state index < -0.39 is 0 Å². The summed E-state index contributed by atoms with van der Waals surface area (Å²) in [6, 6.07) is 15.0. The topological polar surface area (TPSA) is 0 Å². The summed E-state index contributed by atoms with van der Waals surface area (Å²) in [5.74, 6) is 1.82. The fourth-order valence-corrected chi connectivity index (χ4v) is 3.72. The monoisotopic (exact) mass is 308 g/mol. The lowest BCUT2D eigenvalue weighted by Crippen LogP contribution is -2.30. The van der Waals surface area contributed by atoms with Gasteiger partial charge in [0.2, 0.25) is 0 Å². The first kappa shape index (κ1) is 15.7. The first-order valence-corrected chi connectivity index (χ1v) is 8.26. The van der Waals surface area contributed by atoms with Crippen LogP contribution >= 0.6 is 23.2 Å². The number of halogens is 2. The van der Waals surface area contributed by atoms with Gasteiger partial charge in [0.15, 0.2) is 0 Å². The highest BCUT2D eigenvalue weighted by molar-refractivity contribution is 6.21. The van der Waals surface area contributed by atoms with Gasteiger partial charge in [-0.1, -0.05) is 56.3 Å². The van der Waals surface area contributed by atoms with E-state index in [1.165, 1.54) is 16.3 Å². The molecule has 0 aromatic heterocycles. The van der Waals surface area contributed by atoms with Crippen molar-refractivity contribution >= 4 is 34.0 Å². The largest absolute Gasteiger partial charge is 0.126 e. The van der Waals surface area contributed by atoms with Gasteiger partial charge in [0.25, 0.3) is 0 Å². The smallest absolute Gasteiger partial charge is 0.0294 e. The Hall–Kier alpha value is -0.720. The van der Waals surface area contributed by atoms with Crippen LogP contribution < -0.4 is 0 Å². The van der Waals surface area contributed by atoms with Gasteiger partial charge in [0.1, 0.15) is 0 Å². The average Bonchev–Trinajstić information content (AvgIpc) is 2.46. The minimum Gasteiger partial charge on any atom is -0.126 e. The molecule has 0 aliphatic carbocycles. The van der Waals surface area contributed by atoms with Crippen LogP contribution in [-0.4, -0.2) is 11.8 Å². The van der Waals surface area contributed by atoms with Crippen molar-refractivity contribution in [2.24, 2.45) is 11.3 Å². The van der Waals surface area contributed by atoms with E-state index in [4.69, 9.17) is 23.2 Å². The molecule has 2 rings (SSSR count). The maximum Gasteiger partial charge on any atom is 0.0294 e. The fraction of sp³-hybridized carbons (Fsp3) is 0.444. The quantitative estimate of drug-likeness (QED) is 0.583. The van der Waals surface area contributed by atoms with E-state index in [-0.39, 0.29) is 5.41 Å². The summed E-state index contributed by atoms with van der Waals surface area (Å²) in [5.41, 5.74) is 1.34. The molecule has 0 saturated heterocycles. The second-order valence-corrected chi connectivity index (χ2v) is 6.71. The van der Waals surface area contributed by atoms with Crippen molar-refractivity contribution in [1.29, 1.82) is 0 Å². The van der Waals surface area contributed by atoms with Crippen LogP contribution in [-0.2, 0) is 6.42 Å². The van der Waals surface area contributed by atoms with E-state index in [2.05, 4.69) is 56.3 Å². The summed E-state index contributed by atoms with van der Waals surface area (Å²) in [5, 5.41) is 2.60. The second-order valence-electron chi connectivity index (χ2n) is 6.18. The second kappa shape index (κ2) is 6.83. The third-order valence-corrected chi connectivity index (χ3v) is 4.99. The predicted molar refractivity (Wildman–Crippen MR) is 91.0 cm³/mol. The summed E-state index contributed by atoms with van der Waals surface area (Å²) in [6.45, 7) is 4.47. The Morgan fingerprint density at radius 2 is 1.60 bits per heavy atom. The molecule has 108 valence electrons. The number of rotatable bonds is 6. The molecule has 0 bridgehead atoms. The van der Waals surface area contributed by atoms with Gasteiger partial charge >= 0.3 is 0 Å². The molecule has 0 spiro atoms. The molecule has 0 aliphatic heterocycles. The van der Waals surface area contributed by atoms with Crippen molar-refractivity contribution in [3.63, 3.8) is 0 Å². The molecule has 0 amide bonds. The minimum absolute atomic E-state index is 0.0125. The molecule has 0 nitrogen and oxygen atoms in total. The van der Waals surface area contributed by atoms with Crippen molar-refractivity contribution in [2.45, 2.75) is 26.7 Å². The number of alkyl halides is 2. The van der Waals surface area contributed by atoms with Crippen molar-refractivity contribution in [1.82, 2.24) is 0 Å². The molecule has 0 fully saturated rings. The molecule has 2 aromatic carbocycles. The van der Waals surface area contributed by atoms with E-state index in [0.29, 0.717) is 17.7 Å². The third kappa shape index (κ3) is 3.48. The fourth-order valence-electron chi connectivity index (χ4n) is 3.03. The van der Waals surface area contributed by atoms with Crippen LogP contribution in [0.5, 0.6) is 0 Å². The Bertz CT molecular complexity index is 551. The van der Waals surface area contributed by atoms with Crippen molar-refractivity contribution in [3.05, 3.63) is 48.0 Å². The van der Waals surface area contributed by atoms with Crippen LogP contribution in [0.15, 0.2) is 42.5 Å². The molecule has 0 saturated carbocycles. The molecular formula is C18H22Cl2. The first-order chi connectivity index (χ1) is 9.60. The highest BCUT2D eigenvalue weighted by Gasteiger charge is 2.30. The van der Waals surface area contributed by atoms with E-state index >= 15 is 0 Å². The summed E-state index contributed by atoms with van der Waals surface area (Å²) in [4.78, 5) is 0. The number of fused-ring (bicyclic) bond motifs is 1. The van der Waals surface area contributed by atoms with Crippen molar-refractivity contribution < 1.29 is 0 Å². The molecule has 0 aliphatic rings. The Morgan fingerprint density at radius 1 is 0.950 bits per heavy atom. The molecule has 20 heavy (non-hydrogen) atoms. The molecule has 2 heteroatoms. The van der Waals surface area contributed by atoms with Gasteiger partial charge in [-0.2, -0.15) is 0 Å². The zero-order valence-corrected chi connectivity index (χ0v) is 13.7. The van der Waals surface area contributed by atoms with Crippen LogP contribution in [0.2, 0.25) is 0 Å². The van der Waals surface area contributed by atoms with E-state index in [0.717, 1.165) is 12.8 Å². The molecule has 0 atom stereocenters. The van der Waals surface area contributed by atoms with Gasteiger partial charge in [-0.3, -0.25) is 0 Å². The summed E-state index contributed by atoms with van der Waals surface area (Å²) in [6.07, 6.45) is 2.00. The van der Waals surface area contributed by atoms with E-state index in [1.807, 2.05) is 0 Å². The minimum atomic E-state index is -0.0125. The Labute approximate surface area is 132 Å². The highest BCUT2D eigenvalue weighted by Crippen LogP contribution is 2.35. The van der Waals surface area contributed by atoms with Crippen molar-refractivity contribution in [3.8, 4) is 0 Å². The lowest BCUT2D eigenvalue weighted by molar-refractivity contribution is 0.296. The maximum absolute atomic E-state index is 6.29. The van der Waals surface area contributed by atoms with Crippen LogP contribution in [0, 0.1) is 11.3 Å². The SMILES string of the molecule is CC(C)CC(CCl)(CCl)Cc1cccc2ccccc12. The first-order valence-electron chi connectivity index (χ1n) is 7.19. The molecule has 0 heterocycles. The summed E-state index contributed by atoms with van der Waals surface area (Å²) < 4.78 is 0. The zero-order valence-electron chi connectivity index (χ0n) is 12.2. The third-order valence-electron chi connectivity index (χ3n) is 3.85. The lowest BCUT2D eigenvalue weighted by atomic mass is 9.77. The summed E-state index contributed by atoms with van der Waals surface area (Å²) in [7, 11) is 0. The average molecular weight is 309 g/mol. The van der Waals surface area contributed by atoms with E-state index in [1.54, 1.807) is 0 Å². The van der Waals surface area contributed by atoms with Gasteiger partial charge < -0.3 is 0 Å². The van der Waals surface area contributed by atoms with Gasteiger partial charge in [0.05, 0.1) is 0 Å². The number of benzene rings is 2. The summed E-state index contributed by atoms with van der Waals surface area (Å²) >= 11 is 12.6. The molecule has 0 unspecified atom stereocenters. The number of hydrogen-bond acceptors (Lipinski definition) is 0. The highest BCUT2D eigenvalue weighted by atomic mass is 35.5. The molecule has 0 radical (unpaired) electrons. The van der Waals surface area contributed by atoms with Gasteiger partial charge in [-0.15, -0.1) is 23.2 Å². The Morgan fingerprint density at radius 3 is 2.25 bits per heavy atom. The number of hydrogen-bond donors (Lipinski definition) is 0. The van der Waals surface area contributed by atoms with Crippen molar-refractivity contribution in [2.75, 3.05) is 11.8 Å². The van der Waals surface area contributed by atoms with Gasteiger partial charge in [-0.25, -0.2) is 0 Å². The van der Waals surface area contributed by atoms with Gasteiger partial charge in [-0.05, 0) is 35.1 Å². The van der Waals surface area contributed by atoms with Crippen LogP contribution in [0.25, 0.3) is 10.8 Å². The normalized spacial score (nSPS) is 12.2. The molecule has 0 N–H and O–H groups in total. The van der Waals surface area contributed by atoms with Crippen LogP contribution in [0.1, 0.15) is 25.8 Å². The van der Waals surface area contributed by atoms with Crippen LogP contribution in [0.4, 0.5) is 0 Å². The van der Waals surface area contributed by atoms with E-state index in [9.17, 15) is 0 Å². The standard InChI is InChI=1S/C18H22Cl2/c1-14(2)10-18(12-19,13-20)11-16-8-5-7-15-6-3-4-9-17(15)16/h3-9,14H,10-13H2,1-2H3. The zero-order chi connectivity index (χ0) is 14.6. The lowest BCUT2D eigenvalue weighted by Gasteiger charge is -2.32. The van der Waals surface area contributed by atoms with Crippen LogP contribution in [0.3, 0.4) is 0 Å². The maximum atomic E-state index is 6.29. The molecule has 2 aromatic rings. The predicted octanol–water partition coefficient (Wildman–Crippen LogP) is 5.89. The Kier molecular flexibility index (Phi) is 5.35. The van der Waals surface area contributed by atoms with Gasteiger partial charge in [0, 0.05) is 17.2 Å². The Balaban J connectivity index is 2.38. The molecular weight excluding hydrogens is 287 g/mol.